The van der Waals surface area contributed by atoms with Crippen LogP contribution in [0.5, 0.6) is 0 Å². The first-order valence-corrected chi connectivity index (χ1v) is 8.95. The molecule has 148 valence electrons. The Kier molecular flexibility index (Phi) is 5.45. The summed E-state index contributed by atoms with van der Waals surface area (Å²) in [6.45, 7) is 0.498. The predicted octanol–water partition coefficient (Wildman–Crippen LogP) is 3.89. The summed E-state index contributed by atoms with van der Waals surface area (Å²) in [6, 6.07) is 13.6. The number of piperidine rings is 1. The van der Waals surface area contributed by atoms with Gasteiger partial charge < -0.3 is 10.0 Å². The first-order valence-electron chi connectivity index (χ1n) is 8.95. The molecule has 0 unspecified atom stereocenters. The van der Waals surface area contributed by atoms with Gasteiger partial charge in [-0.25, -0.2) is 0 Å². The summed E-state index contributed by atoms with van der Waals surface area (Å²) in [5, 5.41) is 9.80. The Morgan fingerprint density at radius 3 is 2.21 bits per heavy atom. The Labute approximate surface area is 160 Å². The van der Waals surface area contributed by atoms with E-state index in [1.54, 1.807) is 24.3 Å². The number of nitrogens with zero attached hydrogens (tertiary/aromatic N) is 1. The predicted molar refractivity (Wildman–Crippen MR) is 96.7 cm³/mol. The number of carboxylic acids is 1. The van der Waals surface area contributed by atoms with Crippen molar-refractivity contribution in [3.8, 4) is 0 Å². The molecule has 1 aliphatic rings. The second-order valence-corrected chi connectivity index (χ2v) is 7.01. The lowest BCUT2D eigenvalue weighted by atomic mass is 9.73. The number of halogens is 3. The van der Waals surface area contributed by atoms with Crippen molar-refractivity contribution in [2.45, 2.75) is 30.9 Å². The fraction of sp³-hybridized carbons (Fsp3) is 0.333. The molecule has 0 saturated carbocycles. The van der Waals surface area contributed by atoms with Crippen LogP contribution in [0.25, 0.3) is 0 Å². The number of alkyl halides is 3. The van der Waals surface area contributed by atoms with E-state index in [0.717, 1.165) is 12.1 Å². The molecule has 1 amide bonds. The molecule has 7 heteroatoms. The second kappa shape index (κ2) is 7.66. The van der Waals surface area contributed by atoms with Gasteiger partial charge in [0, 0.05) is 13.1 Å². The Morgan fingerprint density at radius 1 is 1.00 bits per heavy atom. The fourth-order valence-electron chi connectivity index (χ4n) is 3.67. The highest BCUT2D eigenvalue weighted by Crippen LogP contribution is 2.36. The van der Waals surface area contributed by atoms with Gasteiger partial charge >= 0.3 is 12.1 Å². The van der Waals surface area contributed by atoms with Gasteiger partial charge in [-0.2, -0.15) is 13.2 Å². The van der Waals surface area contributed by atoms with Crippen LogP contribution in [0.1, 0.15) is 29.5 Å². The summed E-state index contributed by atoms with van der Waals surface area (Å²) in [5.41, 5.74) is -0.843. The lowest BCUT2D eigenvalue weighted by Gasteiger charge is -2.39. The van der Waals surface area contributed by atoms with Crippen molar-refractivity contribution in [1.29, 1.82) is 0 Å². The zero-order valence-corrected chi connectivity index (χ0v) is 15.1. The highest BCUT2D eigenvalue weighted by atomic mass is 19.4. The van der Waals surface area contributed by atoms with Gasteiger partial charge in [0.1, 0.15) is 0 Å². The van der Waals surface area contributed by atoms with E-state index < -0.39 is 23.1 Å². The first kappa shape index (κ1) is 19.9. The van der Waals surface area contributed by atoms with Crippen LogP contribution >= 0.6 is 0 Å². The van der Waals surface area contributed by atoms with Gasteiger partial charge in [0.25, 0.3) is 0 Å². The minimum atomic E-state index is -4.46. The first-order chi connectivity index (χ1) is 13.2. The molecule has 2 aromatic carbocycles. The van der Waals surface area contributed by atoms with Gasteiger partial charge in [-0.3, -0.25) is 9.59 Å². The number of benzene rings is 2. The minimum Gasteiger partial charge on any atom is -0.481 e. The van der Waals surface area contributed by atoms with Gasteiger partial charge in [0.2, 0.25) is 5.91 Å². The van der Waals surface area contributed by atoms with Crippen LogP contribution in [-0.4, -0.2) is 35.0 Å². The molecular formula is C21H20F3NO3. The van der Waals surface area contributed by atoms with Crippen molar-refractivity contribution in [1.82, 2.24) is 4.90 Å². The number of carboxylic acid groups (broad SMARTS) is 1. The third kappa shape index (κ3) is 4.03. The van der Waals surface area contributed by atoms with E-state index in [1.807, 2.05) is 6.07 Å². The lowest BCUT2D eigenvalue weighted by molar-refractivity contribution is -0.148. The number of amides is 1. The van der Waals surface area contributed by atoms with Crippen LogP contribution in [0.4, 0.5) is 13.2 Å². The molecule has 3 rings (SSSR count). The molecule has 1 saturated heterocycles. The average molecular weight is 391 g/mol. The molecule has 0 aromatic heterocycles. The molecule has 1 aliphatic heterocycles. The van der Waals surface area contributed by atoms with Crippen LogP contribution in [0.2, 0.25) is 0 Å². The monoisotopic (exact) mass is 391 g/mol. The Bertz CT molecular complexity index is 857. The van der Waals surface area contributed by atoms with Crippen molar-refractivity contribution in [3.05, 3.63) is 71.3 Å². The summed E-state index contributed by atoms with van der Waals surface area (Å²) < 4.78 is 38.5. The number of rotatable bonds is 4. The highest BCUT2D eigenvalue weighted by Gasteiger charge is 2.43. The number of hydrogen-bond donors (Lipinski definition) is 1. The van der Waals surface area contributed by atoms with E-state index in [0.29, 0.717) is 5.56 Å². The maximum Gasteiger partial charge on any atom is 0.416 e. The molecule has 0 bridgehead atoms. The molecule has 1 N–H and O–H groups in total. The average Bonchev–Trinajstić information content (AvgIpc) is 2.68. The van der Waals surface area contributed by atoms with E-state index in [9.17, 15) is 27.9 Å². The molecule has 4 nitrogen and oxygen atoms in total. The molecular weight excluding hydrogens is 371 g/mol. The Balaban J connectivity index is 1.69. The van der Waals surface area contributed by atoms with Gasteiger partial charge in [0.05, 0.1) is 17.4 Å². The molecule has 0 radical (unpaired) electrons. The van der Waals surface area contributed by atoms with Crippen LogP contribution in [0, 0.1) is 0 Å². The number of hydrogen-bond acceptors (Lipinski definition) is 2. The van der Waals surface area contributed by atoms with Crippen LogP contribution in [-0.2, 0) is 27.6 Å². The number of likely N-dealkylation sites (tertiary alicyclic amines) is 1. The van der Waals surface area contributed by atoms with E-state index >= 15 is 0 Å². The van der Waals surface area contributed by atoms with Crippen LogP contribution < -0.4 is 0 Å². The van der Waals surface area contributed by atoms with Crippen molar-refractivity contribution < 1.29 is 27.9 Å². The highest BCUT2D eigenvalue weighted by molar-refractivity contribution is 5.83. The molecule has 1 heterocycles. The maximum absolute atomic E-state index is 12.8. The van der Waals surface area contributed by atoms with Gasteiger partial charge in [-0.05, 0) is 30.0 Å². The summed E-state index contributed by atoms with van der Waals surface area (Å²) in [6.07, 6.45) is -4.07. The Hall–Kier alpha value is -2.83. The van der Waals surface area contributed by atoms with Gasteiger partial charge in [-0.1, -0.05) is 48.5 Å². The number of carbonyl (C=O) groups is 2. The van der Waals surface area contributed by atoms with E-state index in [2.05, 4.69) is 0 Å². The maximum atomic E-state index is 12.8. The zero-order valence-electron chi connectivity index (χ0n) is 15.1. The van der Waals surface area contributed by atoms with Crippen molar-refractivity contribution in [2.75, 3.05) is 13.1 Å². The molecule has 0 aliphatic carbocycles. The van der Waals surface area contributed by atoms with Gasteiger partial charge in [-0.15, -0.1) is 0 Å². The fourth-order valence-corrected chi connectivity index (χ4v) is 3.67. The number of aliphatic carboxylic acids is 1. The quantitative estimate of drug-likeness (QED) is 0.860. The third-order valence-electron chi connectivity index (χ3n) is 5.32. The minimum absolute atomic E-state index is 0.144. The molecule has 2 aromatic rings. The lowest BCUT2D eigenvalue weighted by Crippen LogP contribution is -2.49. The summed E-state index contributed by atoms with van der Waals surface area (Å²) in [4.78, 5) is 26.0. The SMILES string of the molecule is O=C(Cc1cccc(C(F)(F)F)c1)N1CCC(C(=O)O)(c2ccccc2)CC1. The van der Waals surface area contributed by atoms with Gasteiger partial charge in [0.15, 0.2) is 0 Å². The molecule has 0 atom stereocenters. The topological polar surface area (TPSA) is 57.6 Å². The summed E-state index contributed by atoms with van der Waals surface area (Å²) >= 11 is 0. The smallest absolute Gasteiger partial charge is 0.416 e. The van der Waals surface area contributed by atoms with Crippen molar-refractivity contribution >= 4 is 11.9 Å². The number of carbonyl (C=O) groups excluding carboxylic acids is 1. The Morgan fingerprint density at radius 2 is 1.64 bits per heavy atom. The second-order valence-electron chi connectivity index (χ2n) is 7.01. The van der Waals surface area contributed by atoms with Crippen molar-refractivity contribution in [2.24, 2.45) is 0 Å². The van der Waals surface area contributed by atoms with Crippen molar-refractivity contribution in [3.63, 3.8) is 0 Å². The van der Waals surface area contributed by atoms with E-state index in [1.165, 1.54) is 17.0 Å². The largest absolute Gasteiger partial charge is 0.481 e. The van der Waals surface area contributed by atoms with E-state index in [4.69, 9.17) is 0 Å². The molecule has 1 fully saturated rings. The van der Waals surface area contributed by atoms with Crippen LogP contribution in [0.15, 0.2) is 54.6 Å². The zero-order chi connectivity index (χ0) is 20.4. The standard InChI is InChI=1S/C21H20F3NO3/c22-21(23,24)17-8-4-5-15(13-17)14-18(26)25-11-9-20(10-12-25,19(27)28)16-6-2-1-3-7-16/h1-8,13H,9-12,14H2,(H,27,28). The molecule has 0 spiro atoms. The van der Waals surface area contributed by atoms with E-state index in [-0.39, 0.29) is 43.8 Å². The summed E-state index contributed by atoms with van der Waals surface area (Å²) in [7, 11) is 0. The van der Waals surface area contributed by atoms with Crippen LogP contribution in [0.3, 0.4) is 0 Å². The third-order valence-corrected chi connectivity index (χ3v) is 5.32. The normalized spacial score (nSPS) is 16.6. The molecule has 28 heavy (non-hydrogen) atoms. The summed E-state index contributed by atoms with van der Waals surface area (Å²) in [5.74, 6) is -1.23.